The van der Waals surface area contributed by atoms with Crippen LogP contribution >= 0.6 is 0 Å². The normalized spacial score (nSPS) is 28.7. The Kier molecular flexibility index (Phi) is 4.71. The zero-order valence-corrected chi connectivity index (χ0v) is 12.1. The molecule has 1 saturated heterocycles. The van der Waals surface area contributed by atoms with Crippen molar-refractivity contribution in [3.05, 3.63) is 33.1 Å². The van der Waals surface area contributed by atoms with Gasteiger partial charge in [-0.3, -0.25) is 13.9 Å². The van der Waals surface area contributed by atoms with E-state index in [0.717, 1.165) is 10.9 Å². The van der Waals surface area contributed by atoms with E-state index >= 15 is 0 Å². The van der Waals surface area contributed by atoms with Crippen molar-refractivity contribution in [2.45, 2.75) is 31.0 Å². The third-order valence-electron chi connectivity index (χ3n) is 3.65. The molecule has 0 amide bonds. The summed E-state index contributed by atoms with van der Waals surface area (Å²) in [5, 5.41) is 0. The maximum Gasteiger partial charge on any atom is 0.332 e. The molecule has 0 aromatic carbocycles. The molecule has 1 aromatic rings. The molecule has 1 aromatic heterocycles. The van der Waals surface area contributed by atoms with Crippen LogP contribution < -0.4 is 11.2 Å². The fraction of sp³-hybridized carbons (Fsp3) is 0.615. The van der Waals surface area contributed by atoms with Crippen LogP contribution in [0, 0.1) is 0 Å². The summed E-state index contributed by atoms with van der Waals surface area (Å²) in [4.78, 5) is 34.4. The monoisotopic (exact) mass is 298 g/mol. The molecule has 0 bridgehead atoms. The second kappa shape index (κ2) is 6.33. The average Bonchev–Trinajstić information content (AvgIpc) is 2.82. The highest BCUT2D eigenvalue weighted by Gasteiger charge is 2.46. The minimum Gasteiger partial charge on any atom is -0.376 e. The molecular formula is C13H18N2O6. The molecular weight excluding hydrogens is 280 g/mol. The van der Waals surface area contributed by atoms with Gasteiger partial charge in [-0.25, -0.2) is 4.79 Å². The first-order valence-electron chi connectivity index (χ1n) is 6.48. The summed E-state index contributed by atoms with van der Waals surface area (Å²) in [6.45, 7) is 0. The number of hydrogen-bond donors (Lipinski definition) is 0. The Morgan fingerprint density at radius 1 is 1.29 bits per heavy atom. The Labute approximate surface area is 120 Å². The zero-order valence-electron chi connectivity index (χ0n) is 12.1. The molecule has 2 rings (SSSR count). The molecule has 8 nitrogen and oxygen atoms in total. The standard InChI is InChI=1S/C13H18N2O6/c1-14-9(17)4-6-15(13(14)18)12-11(20-3)10(19-2)8(21-12)5-7-16/h4,6-8,10-12H,5H2,1-3H3/t8-,10?,11?,12-/m1/s1. The molecule has 2 heterocycles. The predicted octanol–water partition coefficient (Wildman–Crippen LogP) is -0.937. The molecule has 0 aliphatic carbocycles. The third kappa shape index (κ3) is 2.69. The van der Waals surface area contributed by atoms with Gasteiger partial charge in [0.1, 0.15) is 18.5 Å². The molecule has 0 saturated carbocycles. The van der Waals surface area contributed by atoms with Crippen molar-refractivity contribution in [2.24, 2.45) is 7.05 Å². The summed E-state index contributed by atoms with van der Waals surface area (Å²) in [7, 11) is 4.35. The molecule has 21 heavy (non-hydrogen) atoms. The van der Waals surface area contributed by atoms with Crippen molar-refractivity contribution in [3.63, 3.8) is 0 Å². The number of rotatable bonds is 5. The Morgan fingerprint density at radius 2 is 1.95 bits per heavy atom. The van der Waals surface area contributed by atoms with Crippen molar-refractivity contribution in [1.82, 2.24) is 9.13 Å². The van der Waals surface area contributed by atoms with Crippen LogP contribution in [-0.4, -0.2) is 48.0 Å². The van der Waals surface area contributed by atoms with Gasteiger partial charge in [0, 0.05) is 40.0 Å². The summed E-state index contributed by atoms with van der Waals surface area (Å²) in [5.41, 5.74) is -0.924. The van der Waals surface area contributed by atoms with Crippen LogP contribution in [0.4, 0.5) is 0 Å². The lowest BCUT2D eigenvalue weighted by molar-refractivity contribution is -0.112. The minimum atomic E-state index is -0.760. The maximum absolute atomic E-state index is 12.2. The smallest absolute Gasteiger partial charge is 0.332 e. The highest BCUT2D eigenvalue weighted by atomic mass is 16.6. The van der Waals surface area contributed by atoms with Crippen LogP contribution in [0.5, 0.6) is 0 Å². The number of ether oxygens (including phenoxy) is 3. The summed E-state index contributed by atoms with van der Waals surface area (Å²) >= 11 is 0. The molecule has 1 aliphatic rings. The Hall–Kier alpha value is -1.77. The fourth-order valence-electron chi connectivity index (χ4n) is 2.53. The first-order chi connectivity index (χ1) is 10.0. The van der Waals surface area contributed by atoms with Gasteiger partial charge in [-0.1, -0.05) is 0 Å². The molecule has 1 aliphatic heterocycles. The van der Waals surface area contributed by atoms with E-state index in [1.54, 1.807) is 0 Å². The second-order valence-electron chi connectivity index (χ2n) is 4.77. The van der Waals surface area contributed by atoms with E-state index in [9.17, 15) is 14.4 Å². The van der Waals surface area contributed by atoms with E-state index < -0.39 is 35.8 Å². The molecule has 0 N–H and O–H groups in total. The topological polar surface area (TPSA) is 88.8 Å². The molecule has 4 atom stereocenters. The fourth-order valence-corrected chi connectivity index (χ4v) is 2.53. The van der Waals surface area contributed by atoms with E-state index in [2.05, 4.69) is 0 Å². The highest BCUT2D eigenvalue weighted by Crippen LogP contribution is 2.33. The first-order valence-corrected chi connectivity index (χ1v) is 6.48. The van der Waals surface area contributed by atoms with E-state index in [-0.39, 0.29) is 6.42 Å². The van der Waals surface area contributed by atoms with E-state index in [1.807, 2.05) is 0 Å². The van der Waals surface area contributed by atoms with Gasteiger partial charge < -0.3 is 19.0 Å². The average molecular weight is 298 g/mol. The van der Waals surface area contributed by atoms with Crippen LogP contribution in [0.3, 0.4) is 0 Å². The van der Waals surface area contributed by atoms with Gasteiger partial charge in [-0.05, 0) is 0 Å². The van der Waals surface area contributed by atoms with Crippen molar-refractivity contribution in [2.75, 3.05) is 14.2 Å². The van der Waals surface area contributed by atoms with Crippen LogP contribution in [0.2, 0.25) is 0 Å². The number of aldehydes is 1. The lowest BCUT2D eigenvalue weighted by Gasteiger charge is -2.22. The third-order valence-corrected chi connectivity index (χ3v) is 3.65. The predicted molar refractivity (Wildman–Crippen MR) is 72.1 cm³/mol. The molecule has 2 unspecified atom stereocenters. The summed E-state index contributed by atoms with van der Waals surface area (Å²) in [6, 6.07) is 1.27. The summed E-state index contributed by atoms with van der Waals surface area (Å²) < 4.78 is 18.7. The van der Waals surface area contributed by atoms with Gasteiger partial charge >= 0.3 is 5.69 Å². The van der Waals surface area contributed by atoms with Crippen LogP contribution in [0.15, 0.2) is 21.9 Å². The van der Waals surface area contributed by atoms with Gasteiger partial charge in [0.15, 0.2) is 6.23 Å². The van der Waals surface area contributed by atoms with E-state index in [1.165, 1.54) is 38.1 Å². The van der Waals surface area contributed by atoms with Gasteiger partial charge in [-0.2, -0.15) is 0 Å². The SMILES string of the molecule is COC1C(OC)[C@@H](CC=O)O[C@H]1n1ccc(=O)n(C)c1=O. The van der Waals surface area contributed by atoms with Gasteiger partial charge in [0.2, 0.25) is 0 Å². The maximum atomic E-state index is 12.2. The number of nitrogens with zero attached hydrogens (tertiary/aromatic N) is 2. The second-order valence-corrected chi connectivity index (χ2v) is 4.77. The molecule has 8 heteroatoms. The lowest BCUT2D eigenvalue weighted by Crippen LogP contribution is -2.42. The van der Waals surface area contributed by atoms with Crippen molar-refractivity contribution in [1.29, 1.82) is 0 Å². The van der Waals surface area contributed by atoms with Gasteiger partial charge in [-0.15, -0.1) is 0 Å². The van der Waals surface area contributed by atoms with Gasteiger partial charge in [0.05, 0.1) is 6.10 Å². The van der Waals surface area contributed by atoms with E-state index in [0.29, 0.717) is 0 Å². The number of methoxy groups -OCH3 is 2. The molecule has 0 spiro atoms. The van der Waals surface area contributed by atoms with Crippen LogP contribution in [0.1, 0.15) is 12.6 Å². The summed E-state index contributed by atoms with van der Waals surface area (Å²) in [6.07, 6.45) is -0.0811. The number of carbonyl (C=O) groups excluding carboxylic acids is 1. The Bertz CT molecular complexity index is 622. The Balaban J connectivity index is 2.43. The quantitative estimate of drug-likeness (QED) is 0.652. The Morgan fingerprint density at radius 3 is 2.52 bits per heavy atom. The first kappa shape index (κ1) is 15.6. The number of aromatic nitrogens is 2. The van der Waals surface area contributed by atoms with Crippen molar-refractivity contribution in [3.8, 4) is 0 Å². The van der Waals surface area contributed by atoms with Crippen molar-refractivity contribution >= 4 is 6.29 Å². The summed E-state index contributed by atoms with van der Waals surface area (Å²) in [5.74, 6) is 0. The van der Waals surface area contributed by atoms with Gasteiger partial charge in [0.25, 0.3) is 5.56 Å². The van der Waals surface area contributed by atoms with Crippen molar-refractivity contribution < 1.29 is 19.0 Å². The molecule has 1 fully saturated rings. The minimum absolute atomic E-state index is 0.134. The lowest BCUT2D eigenvalue weighted by atomic mass is 10.1. The highest BCUT2D eigenvalue weighted by molar-refractivity contribution is 5.50. The van der Waals surface area contributed by atoms with Crippen LogP contribution in [-0.2, 0) is 26.1 Å². The molecule has 0 radical (unpaired) electrons. The largest absolute Gasteiger partial charge is 0.376 e. The zero-order chi connectivity index (χ0) is 15.6. The molecule has 116 valence electrons. The number of carbonyl (C=O) groups is 1. The number of hydrogen-bond acceptors (Lipinski definition) is 6. The van der Waals surface area contributed by atoms with E-state index in [4.69, 9.17) is 14.2 Å². The van der Waals surface area contributed by atoms with Crippen LogP contribution in [0.25, 0.3) is 0 Å².